The van der Waals surface area contributed by atoms with E-state index in [0.717, 1.165) is 11.3 Å². The summed E-state index contributed by atoms with van der Waals surface area (Å²) in [5.74, 6) is -0.135. The molecule has 4 heteroatoms. The predicted molar refractivity (Wildman–Crippen MR) is 64.1 cm³/mol. The number of methoxy groups -OCH3 is 1. The quantitative estimate of drug-likeness (QED) is 0.867. The molecule has 0 aromatic heterocycles. The highest BCUT2D eigenvalue weighted by atomic mass is 16.5. The van der Waals surface area contributed by atoms with E-state index in [4.69, 9.17) is 9.84 Å². The molecule has 1 N–H and O–H groups in total. The zero-order valence-corrected chi connectivity index (χ0v) is 10.1. The molecule has 1 fully saturated rings. The number of ether oxygens (including phenoxy) is 1. The molecular formula is C13H17NO3. The van der Waals surface area contributed by atoms with Crippen LogP contribution in [0.3, 0.4) is 0 Å². The molecule has 0 aliphatic carbocycles. The number of hydrogen-bond acceptors (Lipinski definition) is 3. The highest BCUT2D eigenvalue weighted by Crippen LogP contribution is 2.34. The normalized spacial score (nSPS) is 24.8. The highest BCUT2D eigenvalue weighted by molar-refractivity contribution is 5.70. The van der Waals surface area contributed by atoms with Crippen LogP contribution in [0.4, 0.5) is 0 Å². The molecule has 0 spiro atoms. The van der Waals surface area contributed by atoms with Gasteiger partial charge < -0.3 is 9.84 Å². The van der Waals surface area contributed by atoms with E-state index in [2.05, 4.69) is 4.90 Å². The lowest BCUT2D eigenvalue weighted by atomic mass is 10.00. The number of likely N-dealkylation sites (tertiary alicyclic amines) is 1. The Kier molecular flexibility index (Phi) is 3.33. The van der Waals surface area contributed by atoms with Gasteiger partial charge in [0.15, 0.2) is 0 Å². The molecule has 0 bridgehead atoms. The van der Waals surface area contributed by atoms with Crippen molar-refractivity contribution in [3.05, 3.63) is 29.8 Å². The fourth-order valence-corrected chi connectivity index (χ4v) is 2.39. The first kappa shape index (κ1) is 11.9. The number of hydrogen-bond donors (Lipinski definition) is 1. The zero-order chi connectivity index (χ0) is 12.4. The molecule has 0 unspecified atom stereocenters. The third-order valence-corrected chi connectivity index (χ3v) is 3.40. The van der Waals surface area contributed by atoms with Gasteiger partial charge in [-0.25, -0.2) is 0 Å². The summed E-state index contributed by atoms with van der Waals surface area (Å²) in [5, 5.41) is 9.03. The van der Waals surface area contributed by atoms with E-state index in [9.17, 15) is 4.79 Å². The fourth-order valence-electron chi connectivity index (χ4n) is 2.39. The van der Waals surface area contributed by atoms with Crippen molar-refractivity contribution in [3.63, 3.8) is 0 Å². The molecule has 1 saturated heterocycles. The summed E-state index contributed by atoms with van der Waals surface area (Å²) in [4.78, 5) is 13.1. The molecule has 0 amide bonds. The second-order valence-corrected chi connectivity index (χ2v) is 4.50. The largest absolute Gasteiger partial charge is 0.497 e. The molecule has 0 saturated carbocycles. The molecule has 17 heavy (non-hydrogen) atoms. The van der Waals surface area contributed by atoms with E-state index >= 15 is 0 Å². The first-order valence-corrected chi connectivity index (χ1v) is 5.69. The Morgan fingerprint density at radius 2 is 2.06 bits per heavy atom. The summed E-state index contributed by atoms with van der Waals surface area (Å²) in [5.41, 5.74) is 1.15. The Bertz CT molecular complexity index is 402. The Balaban J connectivity index is 2.14. The summed E-state index contributed by atoms with van der Waals surface area (Å²) >= 11 is 0. The molecule has 2 atom stereocenters. The van der Waals surface area contributed by atoms with Crippen molar-refractivity contribution in [2.24, 2.45) is 5.92 Å². The van der Waals surface area contributed by atoms with Gasteiger partial charge in [-0.2, -0.15) is 0 Å². The molecule has 92 valence electrons. The van der Waals surface area contributed by atoms with Crippen LogP contribution in [0.2, 0.25) is 0 Å². The number of carboxylic acids is 1. The molecule has 1 heterocycles. The molecule has 1 aromatic rings. The van der Waals surface area contributed by atoms with Crippen molar-refractivity contribution in [2.75, 3.05) is 20.7 Å². The Hall–Kier alpha value is -1.55. The monoisotopic (exact) mass is 235 g/mol. The average Bonchev–Trinajstić information content (AvgIpc) is 2.72. The second kappa shape index (κ2) is 4.75. The van der Waals surface area contributed by atoms with Crippen LogP contribution in [0.5, 0.6) is 5.75 Å². The molecular weight excluding hydrogens is 218 g/mol. The van der Waals surface area contributed by atoms with Crippen LogP contribution in [0.15, 0.2) is 24.3 Å². The number of carboxylic acid groups (broad SMARTS) is 1. The van der Waals surface area contributed by atoms with Crippen LogP contribution in [0.25, 0.3) is 0 Å². The maximum atomic E-state index is 11.0. The van der Waals surface area contributed by atoms with E-state index in [1.54, 1.807) is 7.11 Å². The van der Waals surface area contributed by atoms with E-state index in [0.29, 0.717) is 13.0 Å². The van der Waals surface area contributed by atoms with E-state index in [1.165, 1.54) is 0 Å². The van der Waals surface area contributed by atoms with Gasteiger partial charge in [-0.1, -0.05) is 12.1 Å². The topological polar surface area (TPSA) is 49.8 Å². The minimum absolute atomic E-state index is 0.196. The van der Waals surface area contributed by atoms with Gasteiger partial charge in [0.05, 0.1) is 13.0 Å². The van der Waals surface area contributed by atoms with Crippen LogP contribution in [-0.4, -0.2) is 36.7 Å². The maximum Gasteiger partial charge on any atom is 0.307 e. The maximum absolute atomic E-state index is 11.0. The van der Waals surface area contributed by atoms with Gasteiger partial charge in [-0.05, 0) is 31.2 Å². The lowest BCUT2D eigenvalue weighted by Gasteiger charge is -2.19. The van der Waals surface area contributed by atoms with Crippen molar-refractivity contribution < 1.29 is 14.6 Å². The minimum atomic E-state index is -0.701. The van der Waals surface area contributed by atoms with Crippen molar-refractivity contribution in [2.45, 2.75) is 12.5 Å². The second-order valence-electron chi connectivity index (χ2n) is 4.50. The van der Waals surface area contributed by atoms with Crippen molar-refractivity contribution in [3.8, 4) is 5.75 Å². The summed E-state index contributed by atoms with van der Waals surface area (Å²) < 4.78 is 5.11. The smallest absolute Gasteiger partial charge is 0.307 e. The van der Waals surface area contributed by atoms with Crippen LogP contribution < -0.4 is 4.74 Å². The summed E-state index contributed by atoms with van der Waals surface area (Å²) in [6.07, 6.45) is 0.679. The third-order valence-electron chi connectivity index (χ3n) is 3.40. The lowest BCUT2D eigenvalue weighted by molar-refractivity contribution is -0.141. The zero-order valence-electron chi connectivity index (χ0n) is 10.1. The molecule has 1 aliphatic heterocycles. The van der Waals surface area contributed by atoms with Gasteiger partial charge in [0.1, 0.15) is 5.75 Å². The number of carbonyl (C=O) groups is 1. The van der Waals surface area contributed by atoms with E-state index in [-0.39, 0.29) is 12.0 Å². The summed E-state index contributed by atoms with van der Waals surface area (Å²) in [6.45, 7) is 0.617. The van der Waals surface area contributed by atoms with Gasteiger partial charge >= 0.3 is 5.97 Å². The molecule has 1 aliphatic rings. The summed E-state index contributed by atoms with van der Waals surface area (Å²) in [6, 6.07) is 8.03. The molecule has 2 rings (SSSR count). The highest BCUT2D eigenvalue weighted by Gasteiger charge is 2.34. The number of nitrogens with zero attached hydrogens (tertiary/aromatic N) is 1. The summed E-state index contributed by atoms with van der Waals surface area (Å²) in [7, 11) is 3.61. The van der Waals surface area contributed by atoms with Gasteiger partial charge in [0.2, 0.25) is 0 Å². The van der Waals surface area contributed by atoms with Crippen LogP contribution in [-0.2, 0) is 4.79 Å². The van der Waals surface area contributed by atoms with Crippen LogP contribution in [0, 0.1) is 5.92 Å². The van der Waals surface area contributed by atoms with Crippen LogP contribution >= 0.6 is 0 Å². The van der Waals surface area contributed by atoms with Gasteiger partial charge in [-0.3, -0.25) is 9.69 Å². The lowest BCUT2D eigenvalue weighted by Crippen LogP contribution is -2.20. The van der Waals surface area contributed by atoms with Gasteiger partial charge in [-0.15, -0.1) is 0 Å². The third kappa shape index (κ3) is 2.42. The fraction of sp³-hybridized carbons (Fsp3) is 0.462. The molecule has 0 radical (unpaired) electrons. The van der Waals surface area contributed by atoms with Crippen molar-refractivity contribution >= 4 is 5.97 Å². The predicted octanol–water partition coefficient (Wildman–Crippen LogP) is 1.77. The van der Waals surface area contributed by atoms with Gasteiger partial charge in [0.25, 0.3) is 0 Å². The van der Waals surface area contributed by atoms with Crippen LogP contribution in [0.1, 0.15) is 18.0 Å². The van der Waals surface area contributed by atoms with Crippen molar-refractivity contribution in [1.82, 2.24) is 4.90 Å². The Morgan fingerprint density at radius 1 is 1.41 bits per heavy atom. The van der Waals surface area contributed by atoms with Crippen molar-refractivity contribution in [1.29, 1.82) is 0 Å². The SMILES string of the molecule is COc1ccc([C@@H]2C[C@@H](C(=O)O)CN2C)cc1. The molecule has 1 aromatic carbocycles. The average molecular weight is 235 g/mol. The first-order valence-electron chi connectivity index (χ1n) is 5.69. The number of benzene rings is 1. The number of rotatable bonds is 3. The van der Waals surface area contributed by atoms with Gasteiger partial charge in [0, 0.05) is 12.6 Å². The number of aliphatic carboxylic acids is 1. The first-order chi connectivity index (χ1) is 8.11. The Morgan fingerprint density at radius 3 is 2.53 bits per heavy atom. The Labute approximate surface area is 101 Å². The standard InChI is InChI=1S/C13H17NO3/c1-14-8-10(13(15)16)7-12(14)9-3-5-11(17-2)6-4-9/h3-6,10,12H,7-8H2,1-2H3,(H,15,16)/t10-,12+/m1/s1. The molecule has 4 nitrogen and oxygen atoms in total. The van der Waals surface area contributed by atoms with E-state index < -0.39 is 5.97 Å². The minimum Gasteiger partial charge on any atom is -0.497 e. The van der Waals surface area contributed by atoms with E-state index in [1.807, 2.05) is 31.3 Å².